The van der Waals surface area contributed by atoms with Crippen molar-refractivity contribution in [2.75, 3.05) is 6.16 Å². The van der Waals surface area contributed by atoms with E-state index < -0.39 is 0 Å². The quantitative estimate of drug-likeness (QED) is 0.549. The summed E-state index contributed by atoms with van der Waals surface area (Å²) in [6, 6.07) is 0. The average molecular weight is 270 g/mol. The molecule has 0 aromatic carbocycles. The molecule has 0 spiro atoms. The second-order valence-corrected chi connectivity index (χ2v) is 7.33. The fourth-order valence-electron chi connectivity index (χ4n) is 4.22. The molecule has 0 amide bonds. The van der Waals surface area contributed by atoms with Crippen molar-refractivity contribution in [3.8, 4) is 0 Å². The highest BCUT2D eigenvalue weighted by Gasteiger charge is 2.34. The molecule has 1 heteroatoms. The monoisotopic (exact) mass is 270 g/mol. The van der Waals surface area contributed by atoms with Crippen molar-refractivity contribution in [1.82, 2.24) is 0 Å². The molecule has 0 aromatic rings. The van der Waals surface area contributed by atoms with Crippen LogP contribution in [0.1, 0.15) is 66.7 Å². The second-order valence-electron chi connectivity index (χ2n) is 6.86. The van der Waals surface area contributed by atoms with Gasteiger partial charge >= 0.3 is 0 Å². The first kappa shape index (κ1) is 16.5. The van der Waals surface area contributed by atoms with E-state index in [1.165, 1.54) is 38.3 Å². The van der Waals surface area contributed by atoms with E-state index in [4.69, 9.17) is 0 Å². The van der Waals surface area contributed by atoms with Gasteiger partial charge in [0, 0.05) is 0 Å². The first-order valence-corrected chi connectivity index (χ1v) is 9.06. The van der Waals surface area contributed by atoms with Crippen LogP contribution in [0.2, 0.25) is 0 Å². The molecule has 1 fully saturated rings. The molecule has 0 aromatic heterocycles. The minimum atomic E-state index is 0.923. The van der Waals surface area contributed by atoms with E-state index in [1.54, 1.807) is 0 Å². The van der Waals surface area contributed by atoms with Gasteiger partial charge in [-0.3, -0.25) is 0 Å². The Labute approximate surface area is 118 Å². The first-order chi connectivity index (χ1) is 8.54. The summed E-state index contributed by atoms with van der Waals surface area (Å²) in [7, 11) is 2.97. The molecular weight excluding hydrogens is 235 g/mol. The lowest BCUT2D eigenvalue weighted by Gasteiger charge is -2.41. The highest BCUT2D eigenvalue weighted by atomic mass is 31.0. The van der Waals surface area contributed by atoms with Gasteiger partial charge in [0.15, 0.2) is 0 Å². The van der Waals surface area contributed by atoms with E-state index in [1.807, 2.05) is 0 Å². The van der Waals surface area contributed by atoms with Crippen molar-refractivity contribution in [1.29, 1.82) is 0 Å². The molecular formula is C17H35P. The summed E-state index contributed by atoms with van der Waals surface area (Å²) in [6.07, 6.45) is 8.46. The van der Waals surface area contributed by atoms with Crippen LogP contribution in [0.15, 0.2) is 0 Å². The Bertz CT molecular complexity index is 222. The molecule has 1 saturated carbocycles. The minimum absolute atomic E-state index is 0.923. The molecule has 1 aliphatic carbocycles. The summed E-state index contributed by atoms with van der Waals surface area (Å²) in [5.41, 5.74) is 0. The predicted octanol–water partition coefficient (Wildman–Crippen LogP) is 5.62. The Balaban J connectivity index is 2.54. The van der Waals surface area contributed by atoms with Gasteiger partial charge < -0.3 is 0 Å². The molecule has 1 aliphatic rings. The van der Waals surface area contributed by atoms with Crippen LogP contribution in [0, 0.1) is 35.5 Å². The fraction of sp³-hybridized carbons (Fsp3) is 1.00. The molecule has 0 bridgehead atoms. The summed E-state index contributed by atoms with van der Waals surface area (Å²) in [5.74, 6) is 5.71. The third-order valence-electron chi connectivity index (χ3n) is 5.97. The van der Waals surface area contributed by atoms with Crippen LogP contribution in [0.25, 0.3) is 0 Å². The molecule has 108 valence electrons. The lowest BCUT2D eigenvalue weighted by Crippen LogP contribution is -2.32. The third-order valence-corrected chi connectivity index (χ3v) is 6.57. The van der Waals surface area contributed by atoms with E-state index >= 15 is 0 Å². The van der Waals surface area contributed by atoms with Crippen LogP contribution in [-0.2, 0) is 0 Å². The highest BCUT2D eigenvalue weighted by Crippen LogP contribution is 2.43. The Morgan fingerprint density at radius 2 is 1.78 bits per heavy atom. The van der Waals surface area contributed by atoms with Gasteiger partial charge in [0.2, 0.25) is 0 Å². The summed E-state index contributed by atoms with van der Waals surface area (Å²) in [5, 5.41) is 0. The van der Waals surface area contributed by atoms with Crippen molar-refractivity contribution < 1.29 is 0 Å². The molecule has 0 nitrogen and oxygen atoms in total. The molecule has 7 atom stereocenters. The maximum Gasteiger partial charge on any atom is -0.0350 e. The number of hydrogen-bond donors (Lipinski definition) is 0. The summed E-state index contributed by atoms with van der Waals surface area (Å²) >= 11 is 0. The van der Waals surface area contributed by atoms with Crippen LogP contribution in [-0.4, -0.2) is 6.16 Å². The summed E-state index contributed by atoms with van der Waals surface area (Å²) in [6.45, 7) is 12.2. The molecule has 18 heavy (non-hydrogen) atoms. The zero-order valence-electron chi connectivity index (χ0n) is 13.3. The lowest BCUT2D eigenvalue weighted by molar-refractivity contribution is 0.0953. The van der Waals surface area contributed by atoms with Crippen molar-refractivity contribution in [3.63, 3.8) is 0 Å². The zero-order valence-corrected chi connectivity index (χ0v) is 14.4. The third kappa shape index (κ3) is 3.96. The van der Waals surface area contributed by atoms with Gasteiger partial charge in [-0.1, -0.05) is 47.5 Å². The van der Waals surface area contributed by atoms with E-state index in [-0.39, 0.29) is 0 Å². The van der Waals surface area contributed by atoms with Crippen LogP contribution in [0.5, 0.6) is 0 Å². The van der Waals surface area contributed by atoms with Crippen LogP contribution in [0.3, 0.4) is 0 Å². The van der Waals surface area contributed by atoms with Crippen molar-refractivity contribution in [2.45, 2.75) is 66.7 Å². The van der Waals surface area contributed by atoms with Crippen molar-refractivity contribution >= 4 is 9.24 Å². The Kier molecular flexibility index (Phi) is 7.22. The molecule has 0 aliphatic heterocycles. The van der Waals surface area contributed by atoms with Gasteiger partial charge in [-0.25, -0.2) is 0 Å². The Hall–Kier alpha value is 0.430. The molecule has 0 N–H and O–H groups in total. The van der Waals surface area contributed by atoms with E-state index in [9.17, 15) is 0 Å². The van der Waals surface area contributed by atoms with Gasteiger partial charge in [0.05, 0.1) is 0 Å². The lowest BCUT2D eigenvalue weighted by atomic mass is 9.65. The second kappa shape index (κ2) is 7.88. The molecule has 7 unspecified atom stereocenters. The van der Waals surface area contributed by atoms with E-state index in [0.717, 1.165) is 35.5 Å². The Morgan fingerprint density at radius 1 is 1.11 bits per heavy atom. The highest BCUT2D eigenvalue weighted by molar-refractivity contribution is 7.16. The minimum Gasteiger partial charge on any atom is -0.137 e. The van der Waals surface area contributed by atoms with Gasteiger partial charge in [-0.05, 0) is 60.9 Å². The van der Waals surface area contributed by atoms with Gasteiger partial charge in [0.25, 0.3) is 0 Å². The maximum atomic E-state index is 2.97. The molecule has 1 rings (SSSR count). The summed E-state index contributed by atoms with van der Waals surface area (Å²) < 4.78 is 0. The maximum absolute atomic E-state index is 2.97. The first-order valence-electron chi connectivity index (χ1n) is 8.25. The molecule has 0 radical (unpaired) electrons. The average Bonchev–Trinajstić information content (AvgIpc) is 2.39. The molecule has 0 saturated heterocycles. The summed E-state index contributed by atoms with van der Waals surface area (Å²) in [4.78, 5) is 0. The van der Waals surface area contributed by atoms with Gasteiger partial charge in [0.1, 0.15) is 0 Å². The van der Waals surface area contributed by atoms with Crippen molar-refractivity contribution in [2.24, 2.45) is 35.5 Å². The smallest absolute Gasteiger partial charge is 0.0350 e. The van der Waals surface area contributed by atoms with Crippen molar-refractivity contribution in [3.05, 3.63) is 0 Å². The van der Waals surface area contributed by atoms with Crippen LogP contribution >= 0.6 is 9.24 Å². The van der Waals surface area contributed by atoms with Crippen LogP contribution in [0.4, 0.5) is 0 Å². The largest absolute Gasteiger partial charge is 0.137 e. The zero-order chi connectivity index (χ0) is 13.7. The molecule has 0 heterocycles. The predicted molar refractivity (Wildman–Crippen MR) is 87.0 cm³/mol. The number of rotatable bonds is 6. The van der Waals surface area contributed by atoms with E-state index in [2.05, 4.69) is 43.9 Å². The number of hydrogen-bond acceptors (Lipinski definition) is 0. The topological polar surface area (TPSA) is 0 Å². The fourth-order valence-corrected chi connectivity index (χ4v) is 4.99. The normalized spacial score (nSPS) is 34.0. The Morgan fingerprint density at radius 3 is 2.22 bits per heavy atom. The van der Waals surface area contributed by atoms with E-state index in [0.29, 0.717) is 0 Å². The van der Waals surface area contributed by atoms with Gasteiger partial charge in [-0.15, -0.1) is 9.24 Å². The SMILES string of the molecule is CCC(C)C1CCC(C(C)C(CC)CP)CC1C. The van der Waals surface area contributed by atoms with Crippen LogP contribution < -0.4 is 0 Å². The van der Waals surface area contributed by atoms with Gasteiger partial charge in [-0.2, -0.15) is 0 Å². The standard InChI is InChI=1S/C17H35P/c1-6-12(3)17-9-8-16(10-13(17)4)14(5)15(7-2)11-18/h12-17H,6-11,18H2,1-5H3.